The van der Waals surface area contributed by atoms with E-state index in [-0.39, 0.29) is 43.2 Å². The minimum atomic E-state index is -4.49. The van der Waals surface area contributed by atoms with Crippen LogP contribution in [0.3, 0.4) is 0 Å². The minimum Gasteiger partial charge on any atom is -0.293 e. The molecule has 4 rings (SSSR count). The third kappa shape index (κ3) is 7.83. The van der Waals surface area contributed by atoms with Crippen LogP contribution in [0.25, 0.3) is 22.6 Å². The number of hydrogen-bond donors (Lipinski definition) is 0. The molecule has 0 spiro atoms. The lowest BCUT2D eigenvalue weighted by Gasteiger charge is -2.26. The second kappa shape index (κ2) is 13.5. The van der Waals surface area contributed by atoms with Gasteiger partial charge in [-0.05, 0) is 58.2 Å². The number of benzene rings is 1. The summed E-state index contributed by atoms with van der Waals surface area (Å²) in [5, 5.41) is 4.30. The number of nitrogens with zero attached hydrogens (tertiary/aromatic N) is 6. The number of hydrogen-bond acceptors (Lipinski definition) is 8. The number of halogens is 3. The zero-order valence-corrected chi connectivity index (χ0v) is 27.0. The van der Waals surface area contributed by atoms with E-state index in [1.807, 2.05) is 13.8 Å². The molecule has 246 valence electrons. The van der Waals surface area contributed by atoms with E-state index in [0.29, 0.717) is 24.0 Å². The van der Waals surface area contributed by atoms with E-state index >= 15 is 0 Å². The second-order valence-electron chi connectivity index (χ2n) is 11.4. The van der Waals surface area contributed by atoms with E-state index < -0.39 is 43.1 Å². The normalized spacial score (nSPS) is 13.9. The zero-order valence-electron chi connectivity index (χ0n) is 26.1. The maximum atomic E-state index is 13.7. The van der Waals surface area contributed by atoms with Gasteiger partial charge in [0.1, 0.15) is 12.6 Å². The van der Waals surface area contributed by atoms with Gasteiger partial charge in [-0.3, -0.25) is 36.7 Å². The van der Waals surface area contributed by atoms with Gasteiger partial charge in [-0.15, -0.1) is 0 Å². The predicted octanol–water partition coefficient (Wildman–Crippen LogP) is 6.04. The van der Waals surface area contributed by atoms with E-state index in [0.717, 1.165) is 16.7 Å². The average Bonchev–Trinajstić information content (AvgIpc) is 3.57. The molecule has 1 atom stereocenters. The Balaban J connectivity index is 1.85. The number of alkyl halides is 3. The summed E-state index contributed by atoms with van der Waals surface area (Å²) in [5.41, 5.74) is -1.95. The highest BCUT2D eigenvalue weighted by Gasteiger charge is 2.34. The average molecular weight is 655 g/mol. The van der Waals surface area contributed by atoms with E-state index in [1.165, 1.54) is 26.1 Å². The Kier molecular flexibility index (Phi) is 10.3. The summed E-state index contributed by atoms with van der Waals surface area (Å²) in [7, 11) is -4.15. The molecule has 0 N–H and O–H groups in total. The monoisotopic (exact) mass is 654 g/mol. The van der Waals surface area contributed by atoms with Crippen LogP contribution in [0, 0.1) is 0 Å². The van der Waals surface area contributed by atoms with Gasteiger partial charge in [0.05, 0.1) is 36.1 Å². The molecular formula is C29H38F3N6O6P. The number of rotatable bonds is 13. The molecule has 16 heteroatoms. The van der Waals surface area contributed by atoms with Crippen molar-refractivity contribution >= 4 is 19.0 Å². The van der Waals surface area contributed by atoms with Crippen LogP contribution in [0.1, 0.15) is 65.5 Å². The summed E-state index contributed by atoms with van der Waals surface area (Å²) >= 11 is 0. The fraction of sp³-hybridized carbons (Fsp3) is 0.517. The van der Waals surface area contributed by atoms with E-state index in [9.17, 15) is 27.3 Å². The van der Waals surface area contributed by atoms with Crippen molar-refractivity contribution in [2.24, 2.45) is 0 Å². The molecule has 0 aliphatic carbocycles. The van der Waals surface area contributed by atoms with Gasteiger partial charge in [-0.1, -0.05) is 26.0 Å². The van der Waals surface area contributed by atoms with Crippen molar-refractivity contribution in [3.63, 3.8) is 0 Å². The van der Waals surface area contributed by atoms with Crippen molar-refractivity contribution in [3.05, 3.63) is 68.6 Å². The zero-order chi connectivity index (χ0) is 33.2. The first-order chi connectivity index (χ1) is 21.1. The van der Waals surface area contributed by atoms with E-state index in [1.54, 1.807) is 40.0 Å². The first-order valence-corrected chi connectivity index (χ1v) is 16.1. The highest BCUT2D eigenvalue weighted by Crippen LogP contribution is 2.53. The Bertz CT molecular complexity index is 1820. The summed E-state index contributed by atoms with van der Waals surface area (Å²) in [4.78, 5) is 31.6. The lowest BCUT2D eigenvalue weighted by Crippen LogP contribution is -2.40. The summed E-state index contributed by atoms with van der Waals surface area (Å²) < 4.78 is 75.7. The number of phosphoric ester groups is 1. The van der Waals surface area contributed by atoms with Crippen molar-refractivity contribution in [1.29, 1.82) is 0 Å². The number of aryl methyl sites for hydroxylation is 1. The number of aromatic nitrogens is 6. The van der Waals surface area contributed by atoms with Crippen LogP contribution in [-0.4, -0.2) is 40.7 Å². The highest BCUT2D eigenvalue weighted by atomic mass is 31.2. The van der Waals surface area contributed by atoms with Crippen LogP contribution in [0.15, 0.2) is 46.2 Å². The van der Waals surface area contributed by atoms with Crippen molar-refractivity contribution < 1.29 is 31.3 Å². The number of phosphoric acid groups is 1. The van der Waals surface area contributed by atoms with Crippen LogP contribution in [0.4, 0.5) is 13.2 Å². The number of fused-ring (bicyclic) bond motifs is 1. The predicted molar refractivity (Wildman–Crippen MR) is 162 cm³/mol. The molecule has 0 aliphatic rings. The molecule has 0 saturated carbocycles. The first-order valence-electron chi connectivity index (χ1n) is 14.6. The molecule has 0 amide bonds. The Hall–Kier alpha value is -3.52. The maximum Gasteiger partial charge on any atom is 0.477 e. The maximum absolute atomic E-state index is 13.7. The third-order valence-electron chi connectivity index (χ3n) is 6.55. The van der Waals surface area contributed by atoms with Crippen LogP contribution >= 0.6 is 7.82 Å². The van der Waals surface area contributed by atoms with Gasteiger partial charge in [-0.2, -0.15) is 18.3 Å². The van der Waals surface area contributed by atoms with Gasteiger partial charge in [-0.25, -0.2) is 14.3 Å². The quantitative estimate of drug-likeness (QED) is 0.160. The second-order valence-corrected chi connectivity index (χ2v) is 13.0. The molecule has 12 nitrogen and oxygen atoms in total. The van der Waals surface area contributed by atoms with Gasteiger partial charge < -0.3 is 0 Å². The van der Waals surface area contributed by atoms with Gasteiger partial charge >= 0.3 is 19.7 Å². The van der Waals surface area contributed by atoms with Gasteiger partial charge in [0.25, 0.3) is 5.56 Å². The Labute approximate surface area is 258 Å². The fourth-order valence-electron chi connectivity index (χ4n) is 4.70. The van der Waals surface area contributed by atoms with Crippen molar-refractivity contribution in [3.8, 4) is 11.4 Å². The molecule has 0 aliphatic heterocycles. The Morgan fingerprint density at radius 1 is 0.978 bits per heavy atom. The molecule has 3 aromatic heterocycles. The van der Waals surface area contributed by atoms with Crippen LogP contribution in [0.5, 0.6) is 0 Å². The summed E-state index contributed by atoms with van der Waals surface area (Å²) in [6.07, 6.45) is -0.453. The molecule has 4 aromatic rings. The molecule has 0 radical (unpaired) electrons. The van der Waals surface area contributed by atoms with Crippen molar-refractivity contribution in [2.45, 2.75) is 92.5 Å². The SMILES string of the molecule is CCCOP(=O)(OCn1c(-c2cnn(Cc3cccc(C(F)(F)F)c3)c2)nc2c1c(=O)n(CCC)c(=O)n2CC)OC(C)(C)C. The molecule has 1 unspecified atom stereocenters. The molecule has 1 aromatic carbocycles. The molecule has 0 bridgehead atoms. The van der Waals surface area contributed by atoms with E-state index in [4.69, 9.17) is 13.6 Å². The third-order valence-corrected chi connectivity index (χ3v) is 8.25. The fourth-order valence-corrected chi connectivity index (χ4v) is 6.21. The smallest absolute Gasteiger partial charge is 0.293 e. The summed E-state index contributed by atoms with van der Waals surface area (Å²) in [6.45, 7) is 10.5. The molecular weight excluding hydrogens is 616 g/mol. The molecule has 3 heterocycles. The minimum absolute atomic E-state index is 0.0170. The summed E-state index contributed by atoms with van der Waals surface area (Å²) in [5.74, 6) is 0.158. The van der Waals surface area contributed by atoms with Crippen molar-refractivity contribution in [1.82, 2.24) is 28.5 Å². The molecule has 0 fully saturated rings. The lowest BCUT2D eigenvalue weighted by molar-refractivity contribution is -0.137. The van der Waals surface area contributed by atoms with E-state index in [2.05, 4.69) is 10.1 Å². The van der Waals surface area contributed by atoms with Gasteiger partial charge in [0.15, 0.2) is 11.2 Å². The van der Waals surface area contributed by atoms with Gasteiger partial charge in [0.2, 0.25) is 0 Å². The number of imidazole rings is 1. The van der Waals surface area contributed by atoms with Crippen molar-refractivity contribution in [2.75, 3.05) is 6.61 Å². The highest BCUT2D eigenvalue weighted by molar-refractivity contribution is 7.48. The standard InChI is InChI=1S/C29H38F3N6O6P/c1-7-13-37-26(39)23-25(36(9-3)27(37)40)34-24(38(23)19-43-45(41,42-14-8-2)44-28(4,5)6)21-16-33-35(18-21)17-20-11-10-12-22(15-20)29(30,31)32/h10-12,15-16,18H,7-9,13-14,17,19H2,1-6H3. The molecule has 45 heavy (non-hydrogen) atoms. The van der Waals surface area contributed by atoms with Crippen LogP contribution in [-0.2, 0) is 50.7 Å². The Morgan fingerprint density at radius 3 is 2.33 bits per heavy atom. The largest absolute Gasteiger partial charge is 0.477 e. The molecule has 0 saturated heterocycles. The summed E-state index contributed by atoms with van der Waals surface area (Å²) in [6, 6.07) is 4.91. The topological polar surface area (TPSA) is 124 Å². The van der Waals surface area contributed by atoms with Crippen LogP contribution in [0.2, 0.25) is 0 Å². The van der Waals surface area contributed by atoms with Crippen LogP contribution < -0.4 is 11.2 Å². The lowest BCUT2D eigenvalue weighted by atomic mass is 10.1. The van der Waals surface area contributed by atoms with Gasteiger partial charge in [0, 0.05) is 19.3 Å². The first kappa shape index (κ1) is 34.4. The Morgan fingerprint density at radius 2 is 1.71 bits per heavy atom.